The van der Waals surface area contributed by atoms with E-state index in [2.05, 4.69) is 47.6 Å². The van der Waals surface area contributed by atoms with Gasteiger partial charge in [-0.2, -0.15) is 0 Å². The van der Waals surface area contributed by atoms with Gasteiger partial charge in [-0.15, -0.1) is 0 Å². The van der Waals surface area contributed by atoms with Crippen LogP contribution in [0.1, 0.15) is 101 Å². The minimum Gasteiger partial charge on any atom is -0.370 e. The molecule has 0 aromatic carbocycles. The summed E-state index contributed by atoms with van der Waals surface area (Å²) >= 11 is 0. The van der Waals surface area contributed by atoms with Gasteiger partial charge in [-0.1, -0.05) is 19.9 Å². The summed E-state index contributed by atoms with van der Waals surface area (Å²) in [6.07, 6.45) is 7.13. The molecule has 0 saturated carbocycles. The first-order valence-electron chi connectivity index (χ1n) is 10.1. The van der Waals surface area contributed by atoms with Crippen LogP contribution in [0.2, 0.25) is 0 Å². The first-order chi connectivity index (χ1) is 12.4. The first kappa shape index (κ1) is 20.1. The summed E-state index contributed by atoms with van der Waals surface area (Å²) in [6.45, 7) is 13.1. The molecule has 27 heavy (non-hydrogen) atoms. The lowest BCUT2D eigenvalue weighted by Crippen LogP contribution is -2.44. The number of carbonyl (C=O) groups excluding carboxylic acids is 1. The number of pyridine rings is 1. The van der Waals surface area contributed by atoms with Crippen LogP contribution in [0.5, 0.6) is 0 Å². The molecule has 0 unspecified atom stereocenters. The number of nitrogens with two attached hydrogens (primary N) is 1. The third kappa shape index (κ3) is 4.60. The molecule has 148 valence electrons. The lowest BCUT2D eigenvalue weighted by atomic mass is 9.76. The van der Waals surface area contributed by atoms with E-state index in [4.69, 9.17) is 15.5 Å². The molecule has 4 heteroatoms. The summed E-state index contributed by atoms with van der Waals surface area (Å²) in [5, 5.41) is 0. The van der Waals surface area contributed by atoms with E-state index in [-0.39, 0.29) is 11.2 Å². The quantitative estimate of drug-likeness (QED) is 0.793. The molecule has 1 aliphatic carbocycles. The van der Waals surface area contributed by atoms with Gasteiger partial charge in [-0.3, -0.25) is 9.78 Å². The Morgan fingerprint density at radius 1 is 1.11 bits per heavy atom. The van der Waals surface area contributed by atoms with Gasteiger partial charge in [0.2, 0.25) is 0 Å². The summed E-state index contributed by atoms with van der Waals surface area (Å²) in [4.78, 5) is 17.0. The van der Waals surface area contributed by atoms with Crippen molar-refractivity contribution >= 4 is 11.5 Å². The average Bonchev–Trinajstić information content (AvgIpc) is 2.51. The Hall–Kier alpha value is -1.68. The Kier molecular flexibility index (Phi) is 5.00. The highest BCUT2D eigenvalue weighted by Crippen LogP contribution is 2.44. The molecule has 1 amide bonds. The zero-order valence-corrected chi connectivity index (χ0v) is 17.7. The van der Waals surface area contributed by atoms with Crippen LogP contribution in [0.3, 0.4) is 0 Å². The normalized spacial score (nSPS) is 24.3. The van der Waals surface area contributed by atoms with Gasteiger partial charge in [0.25, 0.3) is 5.91 Å². The third-order valence-corrected chi connectivity index (χ3v) is 5.91. The van der Waals surface area contributed by atoms with Gasteiger partial charge in [-0.25, -0.2) is 0 Å². The minimum absolute atomic E-state index is 0.190. The van der Waals surface area contributed by atoms with Gasteiger partial charge in [0.15, 0.2) is 0 Å². The number of nitrogens with zero attached hydrogens (tertiary/aromatic N) is 1. The van der Waals surface area contributed by atoms with E-state index in [1.807, 2.05) is 12.1 Å². The fourth-order valence-corrected chi connectivity index (χ4v) is 4.74. The molecular weight excluding hydrogens is 336 g/mol. The molecule has 1 aromatic heterocycles. The molecule has 1 aliphatic heterocycles. The SMILES string of the molecule is CC1(C)CC=C(c2nc(C3CC(C)(C)OC(C)(C)C3)ccc2C(N)=O)CC1. The lowest BCUT2D eigenvalue weighted by molar-refractivity contribution is -0.162. The van der Waals surface area contributed by atoms with E-state index in [1.165, 1.54) is 0 Å². The molecule has 1 aromatic rings. The van der Waals surface area contributed by atoms with Crippen molar-refractivity contribution in [3.05, 3.63) is 35.2 Å². The summed E-state index contributed by atoms with van der Waals surface area (Å²) in [6, 6.07) is 3.86. The van der Waals surface area contributed by atoms with Crippen molar-refractivity contribution in [2.24, 2.45) is 11.1 Å². The van der Waals surface area contributed by atoms with Gasteiger partial charge in [0, 0.05) is 11.6 Å². The van der Waals surface area contributed by atoms with E-state index in [0.717, 1.165) is 49.1 Å². The van der Waals surface area contributed by atoms with E-state index < -0.39 is 5.91 Å². The predicted octanol–water partition coefficient (Wildman–Crippen LogP) is 5.23. The second-order valence-corrected chi connectivity index (χ2v) is 10.3. The second kappa shape index (κ2) is 6.73. The molecule has 1 fully saturated rings. The number of primary amides is 1. The van der Waals surface area contributed by atoms with Crippen LogP contribution in [-0.4, -0.2) is 22.1 Å². The van der Waals surface area contributed by atoms with Crippen molar-refractivity contribution in [3.63, 3.8) is 0 Å². The van der Waals surface area contributed by atoms with Crippen LogP contribution in [0.25, 0.3) is 5.57 Å². The number of carbonyl (C=O) groups is 1. The molecule has 3 rings (SSSR count). The summed E-state index contributed by atoms with van der Waals surface area (Å²) in [7, 11) is 0. The topological polar surface area (TPSA) is 65.2 Å². The molecule has 2 aliphatic rings. The first-order valence-corrected chi connectivity index (χ1v) is 10.1. The highest BCUT2D eigenvalue weighted by atomic mass is 16.5. The van der Waals surface area contributed by atoms with E-state index in [0.29, 0.717) is 16.9 Å². The molecule has 1 saturated heterocycles. The van der Waals surface area contributed by atoms with Crippen LogP contribution < -0.4 is 5.73 Å². The average molecular weight is 371 g/mol. The van der Waals surface area contributed by atoms with Crippen molar-refractivity contribution < 1.29 is 9.53 Å². The van der Waals surface area contributed by atoms with Crippen LogP contribution in [0.15, 0.2) is 18.2 Å². The van der Waals surface area contributed by atoms with Gasteiger partial charge in [0.1, 0.15) is 0 Å². The van der Waals surface area contributed by atoms with Crippen LogP contribution in [0.4, 0.5) is 0 Å². The smallest absolute Gasteiger partial charge is 0.250 e. The number of ether oxygens (including phenoxy) is 1. The number of hydrogen-bond acceptors (Lipinski definition) is 3. The second-order valence-electron chi connectivity index (χ2n) is 10.3. The maximum absolute atomic E-state index is 12.0. The maximum atomic E-state index is 12.0. The number of rotatable bonds is 3. The van der Waals surface area contributed by atoms with Crippen LogP contribution in [-0.2, 0) is 4.74 Å². The van der Waals surface area contributed by atoms with Crippen molar-refractivity contribution in [2.75, 3.05) is 0 Å². The number of amides is 1. The number of allylic oxidation sites excluding steroid dienone is 2. The summed E-state index contributed by atoms with van der Waals surface area (Å²) < 4.78 is 6.23. The van der Waals surface area contributed by atoms with Crippen LogP contribution >= 0.6 is 0 Å². The fraction of sp³-hybridized carbons (Fsp3) is 0.652. The minimum atomic E-state index is -0.401. The van der Waals surface area contributed by atoms with E-state index >= 15 is 0 Å². The Labute approximate surface area is 163 Å². The molecule has 0 atom stereocenters. The van der Waals surface area contributed by atoms with Crippen LogP contribution in [0, 0.1) is 5.41 Å². The lowest BCUT2D eigenvalue weighted by Gasteiger charge is -2.45. The molecule has 2 heterocycles. The number of aromatic nitrogens is 1. The Bertz CT molecular complexity index is 759. The molecule has 0 radical (unpaired) electrons. The molecule has 4 nitrogen and oxygen atoms in total. The standard InChI is InChI=1S/C23H34N2O2/c1-21(2)11-9-15(10-12-21)19-17(20(24)26)7-8-18(25-19)16-13-22(3,4)27-23(5,6)14-16/h7-9,16H,10-14H2,1-6H3,(H2,24,26). The van der Waals surface area contributed by atoms with Gasteiger partial charge in [-0.05, 0) is 82.9 Å². The van der Waals surface area contributed by atoms with E-state index in [9.17, 15) is 4.79 Å². The molecular formula is C23H34N2O2. The summed E-state index contributed by atoms with van der Waals surface area (Å²) in [5.41, 5.74) is 9.13. The zero-order valence-electron chi connectivity index (χ0n) is 17.7. The highest BCUT2D eigenvalue weighted by molar-refractivity contribution is 5.97. The Morgan fingerprint density at radius 2 is 1.74 bits per heavy atom. The monoisotopic (exact) mass is 370 g/mol. The molecule has 0 bridgehead atoms. The van der Waals surface area contributed by atoms with Crippen molar-refractivity contribution in [1.29, 1.82) is 0 Å². The van der Waals surface area contributed by atoms with Crippen molar-refractivity contribution in [3.8, 4) is 0 Å². The molecule has 0 spiro atoms. The van der Waals surface area contributed by atoms with Gasteiger partial charge >= 0.3 is 0 Å². The Balaban J connectivity index is 1.99. The predicted molar refractivity (Wildman–Crippen MR) is 110 cm³/mol. The van der Waals surface area contributed by atoms with E-state index in [1.54, 1.807) is 0 Å². The number of hydrogen-bond donors (Lipinski definition) is 1. The third-order valence-electron chi connectivity index (χ3n) is 5.91. The largest absolute Gasteiger partial charge is 0.370 e. The highest BCUT2D eigenvalue weighted by Gasteiger charge is 2.40. The van der Waals surface area contributed by atoms with Gasteiger partial charge < -0.3 is 10.5 Å². The van der Waals surface area contributed by atoms with Gasteiger partial charge in [0.05, 0.1) is 22.5 Å². The molecule has 2 N–H and O–H groups in total. The Morgan fingerprint density at radius 3 is 2.26 bits per heavy atom. The maximum Gasteiger partial charge on any atom is 0.250 e. The zero-order chi connectivity index (χ0) is 20.0. The van der Waals surface area contributed by atoms with Crippen molar-refractivity contribution in [1.82, 2.24) is 4.98 Å². The fourth-order valence-electron chi connectivity index (χ4n) is 4.74. The van der Waals surface area contributed by atoms with Crippen molar-refractivity contribution in [2.45, 2.75) is 90.8 Å². The summed E-state index contributed by atoms with van der Waals surface area (Å²) in [5.74, 6) is -0.0903.